The van der Waals surface area contributed by atoms with Gasteiger partial charge in [0.05, 0.1) is 10.6 Å². The summed E-state index contributed by atoms with van der Waals surface area (Å²) in [5.74, 6) is 1.49. The van der Waals surface area contributed by atoms with Crippen LogP contribution in [0.4, 0.5) is 5.82 Å². The van der Waals surface area contributed by atoms with E-state index in [0.717, 1.165) is 12.3 Å². The number of nitrogens with zero attached hydrogens (tertiary/aromatic N) is 2. The fourth-order valence-corrected chi connectivity index (χ4v) is 2.51. The van der Waals surface area contributed by atoms with Crippen LogP contribution in [0.25, 0.3) is 0 Å². The summed E-state index contributed by atoms with van der Waals surface area (Å²) >= 11 is 7.79. The molecular formula is C13H20ClN3OS. The van der Waals surface area contributed by atoms with E-state index >= 15 is 0 Å². The molecule has 0 aliphatic carbocycles. The Bertz CT molecular complexity index is 442. The van der Waals surface area contributed by atoms with Crippen molar-refractivity contribution in [2.45, 2.75) is 19.9 Å². The number of aromatic nitrogens is 1. The van der Waals surface area contributed by atoms with Crippen LogP contribution in [0.5, 0.6) is 0 Å². The second-order valence-electron chi connectivity index (χ2n) is 4.30. The predicted octanol–water partition coefficient (Wildman–Crippen LogP) is 2.99. The van der Waals surface area contributed by atoms with Crippen LogP contribution in [0.3, 0.4) is 0 Å². The van der Waals surface area contributed by atoms with Crippen LogP contribution >= 0.6 is 23.4 Å². The Morgan fingerprint density at radius 2 is 2.32 bits per heavy atom. The number of hydrogen-bond donors (Lipinski definition) is 1. The Hall–Kier alpha value is -0.940. The Morgan fingerprint density at radius 1 is 1.63 bits per heavy atom. The molecule has 0 saturated heterocycles. The molecule has 1 aromatic heterocycles. The smallest absolute Gasteiger partial charge is 0.255 e. The molecule has 1 N–H and O–H groups in total. The zero-order chi connectivity index (χ0) is 14.4. The number of carbonyl (C=O) groups is 1. The standard InChI is InChI=1S/C13H20ClN3OS/c1-5-15-12-6-10(11(14)7-16-12)13(18)17(3)9(2)8-19-4/h6-7,9H,5,8H2,1-4H3,(H,15,16). The number of pyridine rings is 1. The van der Waals surface area contributed by atoms with E-state index < -0.39 is 0 Å². The molecule has 0 aliphatic rings. The van der Waals surface area contributed by atoms with Crippen LogP contribution in [0.15, 0.2) is 12.3 Å². The highest BCUT2D eigenvalue weighted by Gasteiger charge is 2.20. The first-order valence-corrected chi connectivity index (χ1v) is 7.93. The lowest BCUT2D eigenvalue weighted by Crippen LogP contribution is -2.36. The van der Waals surface area contributed by atoms with Gasteiger partial charge >= 0.3 is 0 Å². The van der Waals surface area contributed by atoms with Gasteiger partial charge in [0.2, 0.25) is 0 Å². The van der Waals surface area contributed by atoms with E-state index in [1.807, 2.05) is 20.1 Å². The van der Waals surface area contributed by atoms with E-state index in [2.05, 4.69) is 10.3 Å². The van der Waals surface area contributed by atoms with Gasteiger partial charge in [-0.1, -0.05) is 11.6 Å². The molecule has 106 valence electrons. The van der Waals surface area contributed by atoms with Gasteiger partial charge in [0.1, 0.15) is 5.82 Å². The molecule has 1 heterocycles. The number of thioether (sulfide) groups is 1. The summed E-state index contributed by atoms with van der Waals surface area (Å²) in [6.45, 7) is 4.75. The lowest BCUT2D eigenvalue weighted by atomic mass is 10.2. The number of anilines is 1. The first kappa shape index (κ1) is 16.1. The van der Waals surface area contributed by atoms with Crippen LogP contribution in [-0.2, 0) is 0 Å². The number of nitrogens with one attached hydrogen (secondary N) is 1. The fourth-order valence-electron chi connectivity index (χ4n) is 1.62. The molecule has 0 bridgehead atoms. The third-order valence-corrected chi connectivity index (χ3v) is 3.95. The van der Waals surface area contributed by atoms with Gasteiger partial charge in [-0.2, -0.15) is 11.8 Å². The molecular weight excluding hydrogens is 282 g/mol. The van der Waals surface area contributed by atoms with Crippen LogP contribution in [0, 0.1) is 0 Å². The number of amides is 1. The van der Waals surface area contributed by atoms with Crippen molar-refractivity contribution in [3.05, 3.63) is 22.8 Å². The zero-order valence-electron chi connectivity index (χ0n) is 11.7. The van der Waals surface area contributed by atoms with Gasteiger partial charge in [-0.3, -0.25) is 4.79 Å². The highest BCUT2D eigenvalue weighted by molar-refractivity contribution is 7.98. The van der Waals surface area contributed by atoms with Crippen LogP contribution < -0.4 is 5.32 Å². The molecule has 0 radical (unpaired) electrons. The number of rotatable bonds is 6. The van der Waals surface area contributed by atoms with Crippen molar-refractivity contribution in [2.75, 3.05) is 30.9 Å². The number of halogens is 1. The Labute approximate surface area is 123 Å². The van der Waals surface area contributed by atoms with Crippen molar-refractivity contribution >= 4 is 35.1 Å². The molecule has 0 saturated carbocycles. The third-order valence-electron chi connectivity index (χ3n) is 2.83. The monoisotopic (exact) mass is 301 g/mol. The third kappa shape index (κ3) is 4.28. The van der Waals surface area contributed by atoms with Crippen molar-refractivity contribution in [3.63, 3.8) is 0 Å². The van der Waals surface area contributed by atoms with E-state index in [1.54, 1.807) is 29.8 Å². The first-order valence-electron chi connectivity index (χ1n) is 6.16. The summed E-state index contributed by atoms with van der Waals surface area (Å²) in [6.07, 6.45) is 3.54. The Morgan fingerprint density at radius 3 is 2.89 bits per heavy atom. The van der Waals surface area contributed by atoms with Gasteiger partial charge in [0.25, 0.3) is 5.91 Å². The highest BCUT2D eigenvalue weighted by Crippen LogP contribution is 2.20. The second-order valence-corrected chi connectivity index (χ2v) is 5.62. The molecule has 0 fully saturated rings. The van der Waals surface area contributed by atoms with Crippen molar-refractivity contribution in [1.82, 2.24) is 9.88 Å². The van der Waals surface area contributed by atoms with Gasteiger partial charge in [-0.25, -0.2) is 4.98 Å². The van der Waals surface area contributed by atoms with E-state index in [4.69, 9.17) is 11.6 Å². The number of carbonyl (C=O) groups excluding carboxylic acids is 1. The maximum absolute atomic E-state index is 12.4. The SMILES string of the molecule is CCNc1cc(C(=O)N(C)C(C)CSC)c(Cl)cn1. The van der Waals surface area contributed by atoms with Crippen molar-refractivity contribution in [2.24, 2.45) is 0 Å². The minimum absolute atomic E-state index is 0.0758. The number of hydrogen-bond acceptors (Lipinski definition) is 4. The molecule has 1 amide bonds. The molecule has 0 aromatic carbocycles. The zero-order valence-corrected chi connectivity index (χ0v) is 13.3. The molecule has 19 heavy (non-hydrogen) atoms. The average Bonchev–Trinajstić information content (AvgIpc) is 2.40. The largest absolute Gasteiger partial charge is 0.370 e. The highest BCUT2D eigenvalue weighted by atomic mass is 35.5. The molecule has 1 atom stereocenters. The normalized spacial score (nSPS) is 12.1. The maximum atomic E-state index is 12.4. The molecule has 0 aliphatic heterocycles. The second kappa shape index (κ2) is 7.60. The fraction of sp³-hybridized carbons (Fsp3) is 0.538. The van der Waals surface area contributed by atoms with Crippen LogP contribution in [0.2, 0.25) is 5.02 Å². The summed E-state index contributed by atoms with van der Waals surface area (Å²) in [6, 6.07) is 1.87. The van der Waals surface area contributed by atoms with E-state index in [0.29, 0.717) is 16.4 Å². The molecule has 1 aromatic rings. The van der Waals surface area contributed by atoms with Gasteiger partial charge < -0.3 is 10.2 Å². The van der Waals surface area contributed by atoms with Gasteiger partial charge in [0, 0.05) is 31.6 Å². The van der Waals surface area contributed by atoms with Gasteiger partial charge in [-0.05, 0) is 26.2 Å². The minimum atomic E-state index is -0.0758. The maximum Gasteiger partial charge on any atom is 0.255 e. The molecule has 6 heteroatoms. The van der Waals surface area contributed by atoms with Crippen LogP contribution in [0.1, 0.15) is 24.2 Å². The molecule has 0 spiro atoms. The average molecular weight is 302 g/mol. The topological polar surface area (TPSA) is 45.2 Å². The summed E-state index contributed by atoms with van der Waals surface area (Å²) in [5, 5.41) is 3.46. The lowest BCUT2D eigenvalue weighted by Gasteiger charge is -2.24. The van der Waals surface area contributed by atoms with Crippen LogP contribution in [-0.4, -0.2) is 47.4 Å². The predicted molar refractivity (Wildman–Crippen MR) is 83.3 cm³/mol. The Kier molecular flexibility index (Phi) is 6.45. The summed E-state index contributed by atoms with van der Waals surface area (Å²) < 4.78 is 0. The molecule has 1 unspecified atom stereocenters. The molecule has 4 nitrogen and oxygen atoms in total. The summed E-state index contributed by atoms with van der Waals surface area (Å²) in [7, 11) is 1.80. The summed E-state index contributed by atoms with van der Waals surface area (Å²) in [4.78, 5) is 18.3. The minimum Gasteiger partial charge on any atom is -0.370 e. The van der Waals surface area contributed by atoms with E-state index in [9.17, 15) is 4.79 Å². The molecule has 1 rings (SSSR count). The first-order chi connectivity index (χ1) is 9.01. The lowest BCUT2D eigenvalue weighted by molar-refractivity contribution is 0.0757. The van der Waals surface area contributed by atoms with Crippen molar-refractivity contribution in [3.8, 4) is 0 Å². The van der Waals surface area contributed by atoms with Gasteiger partial charge in [-0.15, -0.1) is 0 Å². The summed E-state index contributed by atoms with van der Waals surface area (Å²) in [5.41, 5.74) is 0.489. The van der Waals surface area contributed by atoms with E-state index in [-0.39, 0.29) is 11.9 Å². The quantitative estimate of drug-likeness (QED) is 0.877. The van der Waals surface area contributed by atoms with Gasteiger partial charge in [0.15, 0.2) is 0 Å². The van der Waals surface area contributed by atoms with Crippen molar-refractivity contribution in [1.29, 1.82) is 0 Å². The van der Waals surface area contributed by atoms with E-state index in [1.165, 1.54) is 6.20 Å². The Balaban J connectivity index is 2.94. The van der Waals surface area contributed by atoms with Crippen molar-refractivity contribution < 1.29 is 4.79 Å².